The summed E-state index contributed by atoms with van der Waals surface area (Å²) in [6.45, 7) is 2.03. The van der Waals surface area contributed by atoms with Crippen molar-refractivity contribution in [3.8, 4) is 5.75 Å². The minimum Gasteiger partial charge on any atom is -0.495 e. The fourth-order valence-electron chi connectivity index (χ4n) is 0.867. The second kappa shape index (κ2) is 4.53. The van der Waals surface area contributed by atoms with Gasteiger partial charge in [-0.25, -0.2) is 4.79 Å². The highest BCUT2D eigenvalue weighted by atomic mass is 32.2. The van der Waals surface area contributed by atoms with Crippen molar-refractivity contribution in [3.63, 3.8) is 0 Å². The average molecular weight is 218 g/mol. The van der Waals surface area contributed by atoms with E-state index in [1.165, 1.54) is 18.4 Å². The third kappa shape index (κ3) is 2.38. The molecular weight excluding hydrogens is 208 g/mol. The van der Waals surface area contributed by atoms with Crippen LogP contribution in [0.5, 0.6) is 5.75 Å². The zero-order valence-electron chi connectivity index (χ0n) is 7.36. The molecule has 1 heterocycles. The van der Waals surface area contributed by atoms with E-state index in [0.717, 1.165) is 9.96 Å². The van der Waals surface area contributed by atoms with Crippen molar-refractivity contribution in [1.82, 2.24) is 0 Å². The van der Waals surface area contributed by atoms with Crippen LogP contribution in [-0.4, -0.2) is 23.9 Å². The van der Waals surface area contributed by atoms with Crippen molar-refractivity contribution in [2.24, 2.45) is 0 Å². The van der Waals surface area contributed by atoms with Gasteiger partial charge in [0, 0.05) is 6.07 Å². The number of carbonyl (C=O) groups is 1. The Balaban J connectivity index is 2.97. The first-order valence-corrected chi connectivity index (χ1v) is 5.53. The molecular formula is C8H10O3S2. The quantitative estimate of drug-likeness (QED) is 0.789. The van der Waals surface area contributed by atoms with Crippen molar-refractivity contribution in [3.05, 3.63) is 10.9 Å². The average Bonchev–Trinajstić information content (AvgIpc) is 2.48. The Morgan fingerprint density at radius 2 is 2.46 bits per heavy atom. The van der Waals surface area contributed by atoms with Crippen LogP contribution in [0.4, 0.5) is 0 Å². The number of hydrogen-bond acceptors (Lipinski definition) is 4. The lowest BCUT2D eigenvalue weighted by Crippen LogP contribution is -1.94. The number of thiophene rings is 1. The molecule has 0 saturated heterocycles. The number of carboxylic acids is 1. The van der Waals surface area contributed by atoms with Crippen molar-refractivity contribution < 1.29 is 14.6 Å². The van der Waals surface area contributed by atoms with Gasteiger partial charge in [0.15, 0.2) is 4.88 Å². The number of carboxylic acid groups (broad SMARTS) is 1. The van der Waals surface area contributed by atoms with Gasteiger partial charge in [-0.1, -0.05) is 6.92 Å². The van der Waals surface area contributed by atoms with E-state index in [1.807, 2.05) is 6.92 Å². The van der Waals surface area contributed by atoms with E-state index in [4.69, 9.17) is 9.84 Å². The summed E-state index contributed by atoms with van der Waals surface area (Å²) in [4.78, 5) is 11.0. The van der Waals surface area contributed by atoms with Crippen molar-refractivity contribution in [2.45, 2.75) is 11.1 Å². The van der Waals surface area contributed by atoms with Gasteiger partial charge in [-0.15, -0.1) is 23.1 Å². The van der Waals surface area contributed by atoms with Crippen LogP contribution < -0.4 is 4.74 Å². The van der Waals surface area contributed by atoms with Gasteiger partial charge in [0.05, 0.1) is 11.3 Å². The summed E-state index contributed by atoms with van der Waals surface area (Å²) < 4.78 is 5.93. The molecule has 0 atom stereocenters. The Morgan fingerprint density at radius 3 is 2.85 bits per heavy atom. The molecule has 0 amide bonds. The molecule has 5 heteroatoms. The molecule has 0 aliphatic rings. The zero-order chi connectivity index (χ0) is 9.84. The molecule has 0 bridgehead atoms. The van der Waals surface area contributed by atoms with Crippen LogP contribution >= 0.6 is 23.1 Å². The maximum absolute atomic E-state index is 10.7. The van der Waals surface area contributed by atoms with Crippen molar-refractivity contribution in [2.75, 3.05) is 12.9 Å². The fourth-order valence-corrected chi connectivity index (χ4v) is 2.88. The van der Waals surface area contributed by atoms with Crippen LogP contribution in [0, 0.1) is 0 Å². The first-order chi connectivity index (χ1) is 6.19. The second-order valence-electron chi connectivity index (χ2n) is 2.20. The molecule has 0 aliphatic heterocycles. The van der Waals surface area contributed by atoms with Crippen LogP contribution in [0.3, 0.4) is 0 Å². The summed E-state index contributed by atoms with van der Waals surface area (Å²) in [6.07, 6.45) is 0. The standard InChI is InChI=1S/C8H10O3S2/c1-3-12-6-4-5(11-2)7(13-6)8(9)10/h4H,3H2,1-2H3,(H,9,10). The molecule has 1 aromatic rings. The Kier molecular flexibility index (Phi) is 3.62. The van der Waals surface area contributed by atoms with Crippen LogP contribution in [-0.2, 0) is 0 Å². The normalized spacial score (nSPS) is 10.0. The van der Waals surface area contributed by atoms with Crippen LogP contribution in [0.15, 0.2) is 10.3 Å². The number of hydrogen-bond donors (Lipinski definition) is 1. The van der Waals surface area contributed by atoms with Gasteiger partial charge >= 0.3 is 5.97 Å². The highest BCUT2D eigenvalue weighted by Gasteiger charge is 2.15. The fraction of sp³-hybridized carbons (Fsp3) is 0.375. The molecule has 0 aliphatic carbocycles. The molecule has 0 fully saturated rings. The lowest BCUT2D eigenvalue weighted by Gasteiger charge is -1.94. The van der Waals surface area contributed by atoms with E-state index in [-0.39, 0.29) is 4.88 Å². The molecule has 1 N–H and O–H groups in total. The van der Waals surface area contributed by atoms with Crippen LogP contribution in [0.2, 0.25) is 0 Å². The zero-order valence-corrected chi connectivity index (χ0v) is 9.00. The van der Waals surface area contributed by atoms with Crippen LogP contribution in [0.25, 0.3) is 0 Å². The number of aromatic carboxylic acids is 1. The number of methoxy groups -OCH3 is 1. The highest BCUT2D eigenvalue weighted by molar-refractivity contribution is 8.01. The second-order valence-corrected chi connectivity index (χ2v) is 4.82. The Labute approximate surface area is 84.7 Å². The van der Waals surface area contributed by atoms with E-state index in [9.17, 15) is 4.79 Å². The largest absolute Gasteiger partial charge is 0.495 e. The first kappa shape index (κ1) is 10.4. The SMILES string of the molecule is CCSc1cc(OC)c(C(=O)O)s1. The molecule has 0 spiro atoms. The maximum atomic E-state index is 10.7. The molecule has 0 saturated carbocycles. The number of rotatable bonds is 4. The Hall–Kier alpha value is -0.680. The molecule has 0 radical (unpaired) electrons. The molecule has 1 rings (SSSR count). The molecule has 0 unspecified atom stereocenters. The molecule has 0 aromatic carbocycles. The summed E-state index contributed by atoms with van der Waals surface area (Å²) in [5.74, 6) is 0.459. The van der Waals surface area contributed by atoms with Gasteiger partial charge in [-0.05, 0) is 5.75 Å². The summed E-state index contributed by atoms with van der Waals surface area (Å²) in [5.41, 5.74) is 0. The smallest absolute Gasteiger partial charge is 0.349 e. The van der Waals surface area contributed by atoms with Gasteiger partial charge in [0.25, 0.3) is 0 Å². The third-order valence-electron chi connectivity index (χ3n) is 1.38. The maximum Gasteiger partial charge on any atom is 0.349 e. The minimum atomic E-state index is -0.926. The Bertz CT molecular complexity index is 306. The van der Waals surface area contributed by atoms with E-state index in [1.54, 1.807) is 17.8 Å². The van der Waals surface area contributed by atoms with Gasteiger partial charge in [-0.3, -0.25) is 0 Å². The molecule has 3 nitrogen and oxygen atoms in total. The van der Waals surface area contributed by atoms with E-state index < -0.39 is 5.97 Å². The summed E-state index contributed by atoms with van der Waals surface area (Å²) >= 11 is 2.87. The predicted octanol–water partition coefficient (Wildman–Crippen LogP) is 2.57. The van der Waals surface area contributed by atoms with Crippen LogP contribution in [0.1, 0.15) is 16.6 Å². The topological polar surface area (TPSA) is 46.5 Å². The number of thioether (sulfide) groups is 1. The molecule has 72 valence electrons. The molecule has 13 heavy (non-hydrogen) atoms. The highest BCUT2D eigenvalue weighted by Crippen LogP contribution is 2.35. The first-order valence-electron chi connectivity index (χ1n) is 3.73. The predicted molar refractivity (Wildman–Crippen MR) is 54.2 cm³/mol. The lowest BCUT2D eigenvalue weighted by atomic mass is 10.4. The van der Waals surface area contributed by atoms with Crippen molar-refractivity contribution >= 4 is 29.1 Å². The summed E-state index contributed by atoms with van der Waals surface area (Å²) in [5, 5.41) is 8.80. The van der Waals surface area contributed by atoms with E-state index in [0.29, 0.717) is 5.75 Å². The van der Waals surface area contributed by atoms with Gasteiger partial charge in [0.2, 0.25) is 0 Å². The summed E-state index contributed by atoms with van der Waals surface area (Å²) in [6, 6.07) is 1.77. The van der Waals surface area contributed by atoms with Gasteiger partial charge in [-0.2, -0.15) is 0 Å². The van der Waals surface area contributed by atoms with Crippen molar-refractivity contribution in [1.29, 1.82) is 0 Å². The lowest BCUT2D eigenvalue weighted by molar-refractivity contribution is 0.0699. The monoisotopic (exact) mass is 218 g/mol. The van der Waals surface area contributed by atoms with Gasteiger partial charge in [0.1, 0.15) is 5.75 Å². The van der Waals surface area contributed by atoms with E-state index in [2.05, 4.69) is 0 Å². The summed E-state index contributed by atoms with van der Waals surface area (Å²) in [7, 11) is 1.48. The minimum absolute atomic E-state index is 0.276. The van der Waals surface area contributed by atoms with Gasteiger partial charge < -0.3 is 9.84 Å². The third-order valence-corrected chi connectivity index (χ3v) is 3.57. The molecule has 1 aromatic heterocycles. The number of ether oxygens (including phenoxy) is 1. The Morgan fingerprint density at radius 1 is 1.77 bits per heavy atom. The van der Waals surface area contributed by atoms with E-state index >= 15 is 0 Å².